The molecule has 0 nitrogen and oxygen atoms in total. The van der Waals surface area contributed by atoms with E-state index in [0.717, 1.165) is 0 Å². The van der Waals surface area contributed by atoms with Crippen LogP contribution in [0.15, 0.2) is 97.1 Å². The third-order valence-electron chi connectivity index (χ3n) is 7.51. The van der Waals surface area contributed by atoms with E-state index in [0.29, 0.717) is 0 Å². The summed E-state index contributed by atoms with van der Waals surface area (Å²) in [5.74, 6) is 0. The summed E-state index contributed by atoms with van der Waals surface area (Å²) < 4.78 is 0. The van der Waals surface area contributed by atoms with Crippen molar-refractivity contribution in [2.24, 2.45) is 0 Å². The molecule has 0 aliphatic carbocycles. The molecule has 0 amide bonds. The van der Waals surface area contributed by atoms with Crippen molar-refractivity contribution in [3.8, 4) is 11.1 Å². The van der Waals surface area contributed by atoms with Crippen molar-refractivity contribution < 1.29 is 17.0 Å². The van der Waals surface area contributed by atoms with Crippen molar-refractivity contribution in [2.45, 2.75) is 72.1 Å². The van der Waals surface area contributed by atoms with Gasteiger partial charge in [0.25, 0.3) is 0 Å². The molecule has 0 fully saturated rings. The van der Waals surface area contributed by atoms with E-state index in [1.807, 2.05) is 0 Å². The van der Waals surface area contributed by atoms with Crippen LogP contribution in [0.2, 0.25) is 0 Å². The van der Waals surface area contributed by atoms with E-state index in [1.165, 1.54) is 102 Å². The van der Waals surface area contributed by atoms with Gasteiger partial charge in [0, 0.05) is 0 Å². The molecule has 218 valence electrons. The molecule has 0 aliphatic heterocycles. The van der Waals surface area contributed by atoms with Crippen LogP contribution in [0.3, 0.4) is 0 Å². The number of hydrogen-bond donors (Lipinski definition) is 0. The molecular formula is C37H45Cl2PTi-2. The standard InChI is InChI=1S/C21H32P.C16H13.2ClH.Ti/c1-3-5-7-11-15-22(16-12-8-6-4-2)21-17-19-13-9-10-14-20(19)18-21;1-12-10-14-8-5-9-15(16(14)11-12)13-6-3-2-4-7-13;;;/h9-10,13-14,17-18H,3-8,11-12,15-16H2,1-2H3;2-11H,1H3;2*1H;/q2*-1;;;+2/p-2. The summed E-state index contributed by atoms with van der Waals surface area (Å²) in [5, 5.41) is 7.22. The van der Waals surface area contributed by atoms with Crippen LogP contribution in [0.25, 0.3) is 32.7 Å². The van der Waals surface area contributed by atoms with Gasteiger partial charge in [0.2, 0.25) is 0 Å². The number of rotatable bonds is 12. The van der Waals surface area contributed by atoms with Crippen LogP contribution in [0.4, 0.5) is 0 Å². The van der Waals surface area contributed by atoms with Crippen LogP contribution < -0.4 is 5.30 Å². The van der Waals surface area contributed by atoms with Crippen LogP contribution in [0.1, 0.15) is 70.8 Å². The molecule has 0 atom stereocenters. The van der Waals surface area contributed by atoms with E-state index >= 15 is 0 Å². The van der Waals surface area contributed by atoms with Crippen molar-refractivity contribution in [3.05, 3.63) is 103 Å². The van der Waals surface area contributed by atoms with Gasteiger partial charge in [-0.05, 0) is 30.7 Å². The number of fused-ring (bicyclic) bond motifs is 2. The normalized spacial score (nSPS) is 10.8. The van der Waals surface area contributed by atoms with Gasteiger partial charge in [-0.3, -0.25) is 0 Å². The predicted molar refractivity (Wildman–Crippen MR) is 186 cm³/mol. The van der Waals surface area contributed by atoms with Crippen molar-refractivity contribution in [3.63, 3.8) is 0 Å². The molecule has 5 aromatic carbocycles. The first-order chi connectivity index (χ1) is 20.1. The minimum absolute atomic E-state index is 0.0642. The minimum atomic E-state index is -0.556. The SMILES string of the molecule is CCCCCCP(CCCCCC)c1cc2ccccc2[cH-]1.Cc1cc2c(-c3ccccc3)cccc2[cH-]1.[Cl][Ti][Cl]. The molecule has 0 aliphatic rings. The van der Waals surface area contributed by atoms with E-state index in [-0.39, 0.29) is 7.92 Å². The molecule has 0 N–H and O–H groups in total. The quantitative estimate of drug-likeness (QED) is 0.0552. The first kappa shape index (κ1) is 34.1. The second kappa shape index (κ2) is 19.7. The molecule has 0 saturated heterocycles. The Hall–Kier alpha value is -1.40. The fraction of sp³-hybridized carbons (Fsp3) is 0.351. The third kappa shape index (κ3) is 11.3. The summed E-state index contributed by atoms with van der Waals surface area (Å²) in [6.07, 6.45) is 14.1. The summed E-state index contributed by atoms with van der Waals surface area (Å²) in [7, 11) is 9.84. The molecule has 0 saturated carbocycles. The Morgan fingerprint density at radius 3 is 1.90 bits per heavy atom. The van der Waals surface area contributed by atoms with Crippen molar-refractivity contribution in [1.29, 1.82) is 0 Å². The molecule has 41 heavy (non-hydrogen) atoms. The van der Waals surface area contributed by atoms with Gasteiger partial charge in [-0.25, -0.2) is 0 Å². The Labute approximate surface area is 267 Å². The van der Waals surface area contributed by atoms with Crippen molar-refractivity contribution in [1.82, 2.24) is 0 Å². The summed E-state index contributed by atoms with van der Waals surface area (Å²) in [4.78, 5) is 0. The Morgan fingerprint density at radius 1 is 0.659 bits per heavy atom. The average Bonchev–Trinajstić information content (AvgIpc) is 3.60. The van der Waals surface area contributed by atoms with Gasteiger partial charge < -0.3 is 0 Å². The van der Waals surface area contributed by atoms with Crippen molar-refractivity contribution in [2.75, 3.05) is 12.3 Å². The number of hydrogen-bond acceptors (Lipinski definition) is 0. The van der Waals surface area contributed by atoms with Gasteiger partial charge in [0.1, 0.15) is 0 Å². The van der Waals surface area contributed by atoms with E-state index < -0.39 is 17.0 Å². The van der Waals surface area contributed by atoms with E-state index in [4.69, 9.17) is 18.6 Å². The third-order valence-corrected chi connectivity index (χ3v) is 10.2. The van der Waals surface area contributed by atoms with Gasteiger partial charge in [0.05, 0.1) is 0 Å². The van der Waals surface area contributed by atoms with Gasteiger partial charge in [-0.1, -0.05) is 115 Å². The number of aryl methyl sites for hydroxylation is 1. The Bertz CT molecular complexity index is 1340. The summed E-state index contributed by atoms with van der Waals surface area (Å²) in [6, 6.07) is 35.4. The zero-order valence-electron chi connectivity index (χ0n) is 25.0. The number of unbranched alkanes of at least 4 members (excludes halogenated alkanes) is 6. The molecule has 0 aromatic heterocycles. The Balaban J connectivity index is 0.000000213. The first-order valence-corrected chi connectivity index (χ1v) is 21.2. The Kier molecular flexibility index (Phi) is 16.4. The Morgan fingerprint density at radius 2 is 1.27 bits per heavy atom. The molecule has 5 rings (SSSR count). The molecule has 0 heterocycles. The van der Waals surface area contributed by atoms with Crippen molar-refractivity contribution >= 4 is 53.4 Å². The van der Waals surface area contributed by atoms with Crippen LogP contribution in [0, 0.1) is 6.92 Å². The fourth-order valence-corrected chi connectivity index (χ4v) is 7.99. The zero-order valence-corrected chi connectivity index (χ0v) is 29.0. The molecule has 0 spiro atoms. The summed E-state index contributed by atoms with van der Waals surface area (Å²) in [5.41, 5.74) is 3.95. The second-order valence-corrected chi connectivity index (χ2v) is 15.8. The van der Waals surface area contributed by atoms with Crippen LogP contribution >= 0.6 is 26.5 Å². The maximum atomic E-state index is 4.89. The molecule has 5 aromatic rings. The van der Waals surface area contributed by atoms with Gasteiger partial charge >= 0.3 is 35.6 Å². The van der Waals surface area contributed by atoms with Crippen LogP contribution in [0.5, 0.6) is 0 Å². The molecule has 4 heteroatoms. The summed E-state index contributed by atoms with van der Waals surface area (Å²) in [6.45, 7) is 6.75. The van der Waals surface area contributed by atoms with Gasteiger partial charge in [0.15, 0.2) is 0 Å². The van der Waals surface area contributed by atoms with Gasteiger partial charge in [-0.15, -0.1) is 74.9 Å². The van der Waals surface area contributed by atoms with E-state index in [2.05, 4.69) is 118 Å². The van der Waals surface area contributed by atoms with E-state index in [9.17, 15) is 0 Å². The number of benzene rings is 3. The molecule has 0 radical (unpaired) electrons. The second-order valence-electron chi connectivity index (χ2n) is 10.7. The zero-order chi connectivity index (χ0) is 29.3. The van der Waals surface area contributed by atoms with Crippen LogP contribution in [-0.2, 0) is 17.0 Å². The molecule has 0 unspecified atom stereocenters. The fourth-order valence-electron chi connectivity index (χ4n) is 5.40. The predicted octanol–water partition coefficient (Wildman–Crippen LogP) is 12.7. The molecular weight excluding hydrogens is 594 g/mol. The van der Waals surface area contributed by atoms with Gasteiger partial charge in [-0.2, -0.15) is 12.1 Å². The van der Waals surface area contributed by atoms with E-state index in [1.54, 1.807) is 5.30 Å². The summed E-state index contributed by atoms with van der Waals surface area (Å²) >= 11 is -0.556. The molecule has 0 bridgehead atoms. The number of halogens is 2. The first-order valence-electron chi connectivity index (χ1n) is 15.2. The topological polar surface area (TPSA) is 0 Å². The average molecular weight is 640 g/mol. The van der Waals surface area contributed by atoms with Crippen LogP contribution in [-0.4, -0.2) is 12.3 Å². The monoisotopic (exact) mass is 638 g/mol. The maximum absolute atomic E-state index is 4.89.